The minimum Gasteiger partial charge on any atom is -0.456 e. The molecule has 9 nitrogen and oxygen atoms in total. The number of sulfonamides is 1. The average molecular weight is 476 g/mol. The van der Waals surface area contributed by atoms with Gasteiger partial charge in [0.25, 0.3) is 10.0 Å². The van der Waals surface area contributed by atoms with E-state index >= 15 is 0 Å². The average Bonchev–Trinajstić information content (AvgIpc) is 2.68. The number of nitrogens with one attached hydrogen (secondary N) is 3. The van der Waals surface area contributed by atoms with Crippen LogP contribution in [0.1, 0.15) is 31.1 Å². The minimum atomic E-state index is -4.03. The molecule has 0 bridgehead atoms. The lowest BCUT2D eigenvalue weighted by molar-refractivity contribution is 0.00695. The molecule has 3 aromatic rings. The van der Waals surface area contributed by atoms with Gasteiger partial charge in [0.15, 0.2) is 5.96 Å². The molecule has 0 fully saturated rings. The van der Waals surface area contributed by atoms with Crippen molar-refractivity contribution in [2.45, 2.75) is 31.3 Å². The quantitative estimate of drug-likeness (QED) is 0.248. The van der Waals surface area contributed by atoms with E-state index in [0.29, 0.717) is 15.8 Å². The molecule has 0 saturated carbocycles. The highest BCUT2D eigenvalue weighted by atomic mass is 35.5. The summed E-state index contributed by atoms with van der Waals surface area (Å²) in [6.07, 6.45) is 1.38. The maximum Gasteiger partial charge on any atom is 0.338 e. The number of benzene rings is 2. The maximum atomic E-state index is 13.0. The number of hydrogen-bond donors (Lipinski definition) is 4. The Balaban J connectivity index is 1.96. The number of nitrogens with two attached hydrogens (primary N) is 1. The first-order chi connectivity index (χ1) is 14.9. The number of carbonyl (C=O) groups excluding carboxylic acids is 1. The first-order valence-electron chi connectivity index (χ1n) is 9.41. The van der Waals surface area contributed by atoms with E-state index in [2.05, 4.69) is 15.0 Å². The zero-order chi connectivity index (χ0) is 23.7. The molecule has 11 heteroatoms. The fourth-order valence-corrected chi connectivity index (χ4v) is 4.13. The predicted octanol–water partition coefficient (Wildman–Crippen LogP) is 3.95. The molecule has 1 heterocycles. The van der Waals surface area contributed by atoms with Crippen LogP contribution in [-0.4, -0.2) is 30.9 Å². The monoisotopic (exact) mass is 475 g/mol. The van der Waals surface area contributed by atoms with Crippen LogP contribution in [0.5, 0.6) is 0 Å². The molecular weight excluding hydrogens is 454 g/mol. The standard InChI is InChI=1S/C21H22ClN5O4S/c1-21(2,3)31-19(28)12-5-4-6-13(9-12)27-32(29,30)14-7-8-15-16(10-14)18(26-20(23)24)25-11-17(15)22/h4-11,27H,1-3H3,(H4,23,24,25,26). The molecule has 0 radical (unpaired) electrons. The topological polar surface area (TPSA) is 147 Å². The number of guanidine groups is 1. The largest absolute Gasteiger partial charge is 0.456 e. The van der Waals surface area contributed by atoms with Gasteiger partial charge < -0.3 is 15.8 Å². The molecule has 0 atom stereocenters. The highest BCUT2D eigenvalue weighted by Gasteiger charge is 2.20. The summed E-state index contributed by atoms with van der Waals surface area (Å²) < 4.78 is 33.8. The van der Waals surface area contributed by atoms with Gasteiger partial charge in [-0.1, -0.05) is 23.7 Å². The van der Waals surface area contributed by atoms with E-state index in [1.54, 1.807) is 26.8 Å². The van der Waals surface area contributed by atoms with Gasteiger partial charge in [0.05, 0.1) is 15.5 Å². The van der Waals surface area contributed by atoms with Gasteiger partial charge in [0.1, 0.15) is 11.4 Å². The molecule has 0 aliphatic heterocycles. The number of anilines is 2. The molecule has 168 valence electrons. The summed E-state index contributed by atoms with van der Waals surface area (Å²) in [6, 6.07) is 10.3. The first-order valence-corrected chi connectivity index (χ1v) is 11.3. The second-order valence-corrected chi connectivity index (χ2v) is 9.98. The molecular formula is C21H22ClN5O4S. The summed E-state index contributed by atoms with van der Waals surface area (Å²) in [7, 11) is -4.03. The number of pyridine rings is 1. The van der Waals surface area contributed by atoms with Crippen molar-refractivity contribution in [1.82, 2.24) is 4.98 Å². The summed E-state index contributed by atoms with van der Waals surface area (Å²) in [5.41, 5.74) is 5.11. The zero-order valence-electron chi connectivity index (χ0n) is 17.6. The number of halogens is 1. The van der Waals surface area contributed by atoms with Crippen LogP contribution in [0, 0.1) is 5.41 Å². The van der Waals surface area contributed by atoms with Gasteiger partial charge >= 0.3 is 5.97 Å². The number of carbonyl (C=O) groups is 1. The Morgan fingerprint density at radius 1 is 1.16 bits per heavy atom. The van der Waals surface area contributed by atoms with E-state index in [1.807, 2.05) is 0 Å². The van der Waals surface area contributed by atoms with Gasteiger partial charge in [-0.3, -0.25) is 10.1 Å². The van der Waals surface area contributed by atoms with Crippen LogP contribution in [0.25, 0.3) is 10.8 Å². The van der Waals surface area contributed by atoms with Crippen LogP contribution < -0.4 is 15.8 Å². The molecule has 32 heavy (non-hydrogen) atoms. The van der Waals surface area contributed by atoms with Crippen LogP contribution >= 0.6 is 11.6 Å². The van der Waals surface area contributed by atoms with Gasteiger partial charge in [-0.25, -0.2) is 18.2 Å². The van der Waals surface area contributed by atoms with Crippen LogP contribution in [-0.2, 0) is 14.8 Å². The Kier molecular flexibility index (Phi) is 6.29. The van der Waals surface area contributed by atoms with Gasteiger partial charge in [0.2, 0.25) is 0 Å². The fourth-order valence-electron chi connectivity index (χ4n) is 2.84. The van der Waals surface area contributed by atoms with Crippen molar-refractivity contribution in [3.8, 4) is 0 Å². The van der Waals surface area contributed by atoms with E-state index in [-0.39, 0.29) is 27.9 Å². The minimum absolute atomic E-state index is 0.0664. The Labute approximate surface area is 190 Å². The van der Waals surface area contributed by atoms with Crippen LogP contribution in [0.15, 0.2) is 53.6 Å². The second-order valence-electron chi connectivity index (χ2n) is 7.89. The van der Waals surface area contributed by atoms with Gasteiger partial charge in [-0.2, -0.15) is 0 Å². The van der Waals surface area contributed by atoms with Crippen molar-refractivity contribution in [3.63, 3.8) is 0 Å². The molecule has 0 amide bonds. The van der Waals surface area contributed by atoms with Gasteiger partial charge in [0, 0.05) is 22.7 Å². The lowest BCUT2D eigenvalue weighted by Crippen LogP contribution is -2.24. The summed E-state index contributed by atoms with van der Waals surface area (Å²) in [5.74, 6) is -0.725. The van der Waals surface area contributed by atoms with E-state index in [1.165, 1.54) is 42.6 Å². The van der Waals surface area contributed by atoms with Crippen molar-refractivity contribution in [2.75, 3.05) is 10.0 Å². The number of fused-ring (bicyclic) bond motifs is 1. The molecule has 0 spiro atoms. The SMILES string of the molecule is CC(C)(C)OC(=O)c1cccc(NS(=O)(=O)c2ccc3c(Cl)cnc(NC(=N)N)c3c2)c1. The third kappa shape index (κ3) is 5.45. The van der Waals surface area contributed by atoms with Crippen molar-refractivity contribution < 1.29 is 17.9 Å². The maximum absolute atomic E-state index is 13.0. The summed E-state index contributed by atoms with van der Waals surface area (Å²) in [6.45, 7) is 5.23. The van der Waals surface area contributed by atoms with Gasteiger partial charge in [-0.15, -0.1) is 0 Å². The zero-order valence-corrected chi connectivity index (χ0v) is 19.1. The Hall–Kier alpha value is -3.37. The molecule has 5 N–H and O–H groups in total. The summed E-state index contributed by atoms with van der Waals surface area (Å²) in [4.78, 5) is 16.3. The molecule has 2 aromatic carbocycles. The Bertz CT molecular complexity index is 1320. The number of ether oxygens (including phenoxy) is 1. The fraction of sp³-hybridized carbons (Fsp3) is 0.190. The van der Waals surface area contributed by atoms with Crippen molar-refractivity contribution in [2.24, 2.45) is 5.73 Å². The van der Waals surface area contributed by atoms with E-state index in [9.17, 15) is 13.2 Å². The highest BCUT2D eigenvalue weighted by molar-refractivity contribution is 7.92. The van der Waals surface area contributed by atoms with Gasteiger partial charge in [-0.05, 0) is 51.1 Å². The van der Waals surface area contributed by atoms with Crippen molar-refractivity contribution in [1.29, 1.82) is 5.41 Å². The third-order valence-electron chi connectivity index (χ3n) is 4.12. The first kappa shape index (κ1) is 23.3. The molecule has 0 saturated heterocycles. The smallest absolute Gasteiger partial charge is 0.338 e. The molecule has 0 aliphatic carbocycles. The number of nitrogens with zero attached hydrogens (tertiary/aromatic N) is 1. The van der Waals surface area contributed by atoms with Crippen LogP contribution in [0.2, 0.25) is 5.02 Å². The number of aromatic nitrogens is 1. The summed E-state index contributed by atoms with van der Waals surface area (Å²) >= 11 is 6.17. The Morgan fingerprint density at radius 2 is 1.88 bits per heavy atom. The predicted molar refractivity (Wildman–Crippen MR) is 125 cm³/mol. The number of hydrogen-bond acceptors (Lipinski definition) is 6. The Morgan fingerprint density at radius 3 is 2.53 bits per heavy atom. The van der Waals surface area contributed by atoms with Crippen LogP contribution in [0.3, 0.4) is 0 Å². The van der Waals surface area contributed by atoms with Crippen molar-refractivity contribution >= 4 is 55.8 Å². The van der Waals surface area contributed by atoms with Crippen LogP contribution in [0.4, 0.5) is 11.5 Å². The highest BCUT2D eigenvalue weighted by Crippen LogP contribution is 2.30. The molecule has 0 aliphatic rings. The normalized spacial score (nSPS) is 11.8. The molecule has 1 aromatic heterocycles. The molecule has 3 rings (SSSR count). The second kappa shape index (κ2) is 8.64. The van der Waals surface area contributed by atoms with E-state index < -0.39 is 21.6 Å². The lowest BCUT2D eigenvalue weighted by atomic mass is 10.1. The number of esters is 1. The third-order valence-corrected chi connectivity index (χ3v) is 5.80. The lowest BCUT2D eigenvalue weighted by Gasteiger charge is -2.19. The summed E-state index contributed by atoms with van der Waals surface area (Å²) in [5, 5.41) is 11.2. The van der Waals surface area contributed by atoms with E-state index in [4.69, 9.17) is 27.5 Å². The van der Waals surface area contributed by atoms with E-state index in [0.717, 1.165) is 0 Å². The van der Waals surface area contributed by atoms with Crippen molar-refractivity contribution in [3.05, 3.63) is 59.2 Å². The number of rotatable bonds is 5. The molecule has 0 unspecified atom stereocenters.